The molecule has 0 saturated carbocycles. The fraction of sp³-hybridized carbons (Fsp3) is 0.211. The zero-order valence-electron chi connectivity index (χ0n) is 15.4. The Morgan fingerprint density at radius 1 is 1.11 bits per heavy atom. The lowest BCUT2D eigenvalue weighted by atomic mass is 10.1. The molecule has 28 heavy (non-hydrogen) atoms. The molecule has 8 nitrogen and oxygen atoms in total. The predicted molar refractivity (Wildman–Crippen MR) is 108 cm³/mol. The minimum atomic E-state index is -0.775. The fourth-order valence-corrected chi connectivity index (χ4v) is 2.89. The second kappa shape index (κ2) is 8.75. The summed E-state index contributed by atoms with van der Waals surface area (Å²) < 4.78 is 12.7. The van der Waals surface area contributed by atoms with Crippen LogP contribution in [0.1, 0.15) is 13.8 Å². The van der Waals surface area contributed by atoms with Crippen LogP contribution in [0.15, 0.2) is 53.1 Å². The summed E-state index contributed by atoms with van der Waals surface area (Å²) >= 11 is 3.41. The summed E-state index contributed by atoms with van der Waals surface area (Å²) in [7, 11) is 0. The van der Waals surface area contributed by atoms with E-state index >= 15 is 0 Å². The standard InChI is InChI=1S/C19H19BrN4O4/c1-3-27-18(25)22-24(19(26)28-4-2)17-16(13-8-10-14(20)11-9-13)21-15-7-5-6-12-23(15)17/h5-12H,3-4H2,1-2H3,(H,22,25). The molecule has 2 heterocycles. The smallest absolute Gasteiger partial charge is 0.435 e. The molecule has 0 saturated heterocycles. The largest absolute Gasteiger partial charge is 0.449 e. The van der Waals surface area contributed by atoms with Crippen LogP contribution in [-0.2, 0) is 9.47 Å². The van der Waals surface area contributed by atoms with Gasteiger partial charge < -0.3 is 9.47 Å². The molecule has 1 N–H and O–H groups in total. The van der Waals surface area contributed by atoms with Crippen LogP contribution in [0.5, 0.6) is 0 Å². The number of nitrogens with zero attached hydrogens (tertiary/aromatic N) is 3. The SMILES string of the molecule is CCOC(=O)NN(C(=O)OCC)c1c(-c2ccc(Br)cc2)nc2ccccn12. The van der Waals surface area contributed by atoms with Gasteiger partial charge in [-0.2, -0.15) is 5.01 Å². The van der Waals surface area contributed by atoms with Gasteiger partial charge in [-0.25, -0.2) is 20.0 Å². The molecule has 3 rings (SSSR count). The van der Waals surface area contributed by atoms with Crippen molar-refractivity contribution in [3.63, 3.8) is 0 Å². The Labute approximate surface area is 170 Å². The lowest BCUT2D eigenvalue weighted by molar-refractivity contribution is 0.138. The van der Waals surface area contributed by atoms with E-state index in [4.69, 9.17) is 9.47 Å². The second-order valence-corrected chi connectivity index (χ2v) is 6.50. The molecule has 0 bridgehead atoms. The maximum absolute atomic E-state index is 12.6. The number of aromatic nitrogens is 2. The Hall–Kier alpha value is -3.07. The van der Waals surface area contributed by atoms with Crippen molar-refractivity contribution >= 4 is 39.6 Å². The van der Waals surface area contributed by atoms with Crippen molar-refractivity contribution in [1.82, 2.24) is 14.8 Å². The van der Waals surface area contributed by atoms with Gasteiger partial charge in [0, 0.05) is 16.2 Å². The van der Waals surface area contributed by atoms with Gasteiger partial charge in [0.05, 0.1) is 13.2 Å². The van der Waals surface area contributed by atoms with Gasteiger partial charge in [0.15, 0.2) is 5.82 Å². The van der Waals surface area contributed by atoms with E-state index in [1.165, 1.54) is 0 Å². The van der Waals surface area contributed by atoms with Crippen LogP contribution in [0.25, 0.3) is 16.9 Å². The number of pyridine rings is 1. The molecule has 0 atom stereocenters. The number of rotatable bonds is 4. The fourth-order valence-electron chi connectivity index (χ4n) is 2.63. The Morgan fingerprint density at radius 3 is 2.50 bits per heavy atom. The summed E-state index contributed by atoms with van der Waals surface area (Å²) in [6, 6.07) is 12.9. The number of nitrogens with one attached hydrogen (secondary N) is 1. The number of benzene rings is 1. The highest BCUT2D eigenvalue weighted by Crippen LogP contribution is 2.32. The van der Waals surface area contributed by atoms with Gasteiger partial charge in [-0.3, -0.25) is 4.40 Å². The summed E-state index contributed by atoms with van der Waals surface area (Å²) in [5.74, 6) is 0.337. The van der Waals surface area contributed by atoms with Crippen LogP contribution in [-0.4, -0.2) is 34.8 Å². The first kappa shape index (κ1) is 19.7. The van der Waals surface area contributed by atoms with E-state index < -0.39 is 12.2 Å². The highest BCUT2D eigenvalue weighted by Gasteiger charge is 2.28. The van der Waals surface area contributed by atoms with Crippen LogP contribution >= 0.6 is 15.9 Å². The van der Waals surface area contributed by atoms with E-state index in [-0.39, 0.29) is 13.2 Å². The van der Waals surface area contributed by atoms with Crippen molar-refractivity contribution in [2.24, 2.45) is 0 Å². The number of imidazole rings is 1. The molecule has 1 aromatic carbocycles. The third-order valence-corrected chi connectivity index (χ3v) is 4.29. The van der Waals surface area contributed by atoms with Gasteiger partial charge in [0.1, 0.15) is 11.3 Å². The van der Waals surface area contributed by atoms with Crippen molar-refractivity contribution in [1.29, 1.82) is 0 Å². The highest BCUT2D eigenvalue weighted by molar-refractivity contribution is 9.10. The van der Waals surface area contributed by atoms with E-state index in [0.29, 0.717) is 17.2 Å². The lowest BCUT2D eigenvalue weighted by Crippen LogP contribution is -2.47. The number of carbonyl (C=O) groups excluding carboxylic acids is 2. The minimum absolute atomic E-state index is 0.143. The third-order valence-electron chi connectivity index (χ3n) is 3.76. The molecule has 2 amide bonds. The molecule has 0 unspecified atom stereocenters. The summed E-state index contributed by atoms with van der Waals surface area (Å²) in [5.41, 5.74) is 4.32. The van der Waals surface area contributed by atoms with Crippen LogP contribution in [0.3, 0.4) is 0 Å². The molecule has 0 spiro atoms. The van der Waals surface area contributed by atoms with Crippen LogP contribution < -0.4 is 10.4 Å². The Kier molecular flexibility index (Phi) is 6.15. The number of fused-ring (bicyclic) bond motifs is 1. The molecule has 9 heteroatoms. The van der Waals surface area contributed by atoms with Crippen molar-refractivity contribution in [2.45, 2.75) is 13.8 Å². The number of hydrazine groups is 1. The van der Waals surface area contributed by atoms with Crippen molar-refractivity contribution in [2.75, 3.05) is 18.2 Å². The predicted octanol–water partition coefficient (Wildman–Crippen LogP) is 4.39. The molecule has 0 radical (unpaired) electrons. The molecular formula is C19H19BrN4O4. The number of hydrogen-bond donors (Lipinski definition) is 1. The van der Waals surface area contributed by atoms with Crippen LogP contribution in [0.2, 0.25) is 0 Å². The van der Waals surface area contributed by atoms with Crippen molar-refractivity contribution in [3.05, 3.63) is 53.1 Å². The maximum Gasteiger partial charge on any atom is 0.435 e. The van der Waals surface area contributed by atoms with E-state index in [2.05, 4.69) is 26.3 Å². The zero-order chi connectivity index (χ0) is 20.1. The van der Waals surface area contributed by atoms with E-state index in [1.54, 1.807) is 36.6 Å². The normalized spacial score (nSPS) is 10.5. The first-order valence-electron chi connectivity index (χ1n) is 8.68. The van der Waals surface area contributed by atoms with E-state index in [1.807, 2.05) is 30.3 Å². The first-order valence-corrected chi connectivity index (χ1v) is 9.47. The summed E-state index contributed by atoms with van der Waals surface area (Å²) in [4.78, 5) is 29.4. The number of anilines is 1. The molecule has 0 aliphatic carbocycles. The average Bonchev–Trinajstić information content (AvgIpc) is 3.06. The third kappa shape index (κ3) is 4.09. The molecule has 2 aromatic heterocycles. The molecule has 3 aromatic rings. The molecular weight excluding hydrogens is 428 g/mol. The van der Waals surface area contributed by atoms with E-state index in [0.717, 1.165) is 15.0 Å². The van der Waals surface area contributed by atoms with Crippen molar-refractivity contribution < 1.29 is 19.1 Å². The molecule has 0 aliphatic rings. The monoisotopic (exact) mass is 446 g/mol. The van der Waals surface area contributed by atoms with Gasteiger partial charge in [-0.05, 0) is 38.1 Å². The van der Waals surface area contributed by atoms with Crippen LogP contribution in [0.4, 0.5) is 15.4 Å². The Bertz CT molecular complexity index is 987. The van der Waals surface area contributed by atoms with Gasteiger partial charge >= 0.3 is 12.2 Å². The maximum atomic E-state index is 12.6. The van der Waals surface area contributed by atoms with Crippen molar-refractivity contribution in [3.8, 4) is 11.3 Å². The topological polar surface area (TPSA) is 85.2 Å². The number of ether oxygens (including phenoxy) is 2. The number of halogens is 1. The van der Waals surface area contributed by atoms with Gasteiger partial charge in [-0.1, -0.05) is 34.1 Å². The van der Waals surface area contributed by atoms with E-state index in [9.17, 15) is 9.59 Å². The molecule has 146 valence electrons. The minimum Gasteiger partial charge on any atom is -0.449 e. The molecule has 0 fully saturated rings. The first-order chi connectivity index (χ1) is 13.5. The quantitative estimate of drug-likeness (QED) is 0.600. The summed E-state index contributed by atoms with van der Waals surface area (Å²) in [5, 5.41) is 1.01. The number of hydrogen-bond acceptors (Lipinski definition) is 5. The van der Waals surface area contributed by atoms with Crippen LogP contribution in [0, 0.1) is 0 Å². The molecule has 0 aliphatic heterocycles. The zero-order valence-corrected chi connectivity index (χ0v) is 17.0. The highest BCUT2D eigenvalue weighted by atomic mass is 79.9. The van der Waals surface area contributed by atoms with Gasteiger partial charge in [0.25, 0.3) is 0 Å². The Morgan fingerprint density at radius 2 is 1.82 bits per heavy atom. The lowest BCUT2D eigenvalue weighted by Gasteiger charge is -2.22. The summed E-state index contributed by atoms with van der Waals surface area (Å²) in [6.45, 7) is 3.67. The van der Waals surface area contributed by atoms with Gasteiger partial charge in [-0.15, -0.1) is 0 Å². The average molecular weight is 447 g/mol. The Balaban J connectivity index is 2.18. The second-order valence-electron chi connectivity index (χ2n) is 5.59. The number of amides is 2. The summed E-state index contributed by atoms with van der Waals surface area (Å²) in [6.07, 6.45) is 0.224. The number of carbonyl (C=O) groups is 2. The van der Waals surface area contributed by atoms with Gasteiger partial charge in [0.2, 0.25) is 0 Å².